The van der Waals surface area contributed by atoms with Crippen LogP contribution in [0.25, 0.3) is 0 Å². The molecule has 0 saturated carbocycles. The second-order valence-corrected chi connectivity index (χ2v) is 7.85. The number of aryl methyl sites for hydroxylation is 1. The third-order valence-corrected chi connectivity index (χ3v) is 5.80. The van der Waals surface area contributed by atoms with E-state index in [9.17, 15) is 9.59 Å². The Kier molecular flexibility index (Phi) is 7.33. The molecule has 3 amide bonds. The average molecular weight is 410 g/mol. The van der Waals surface area contributed by atoms with Crippen LogP contribution in [0.4, 0.5) is 10.5 Å². The number of fused-ring (bicyclic) bond motifs is 1. The van der Waals surface area contributed by atoms with Crippen molar-refractivity contribution < 1.29 is 14.3 Å². The van der Waals surface area contributed by atoms with Crippen molar-refractivity contribution in [3.63, 3.8) is 0 Å². The minimum absolute atomic E-state index is 0.0000983. The van der Waals surface area contributed by atoms with Crippen LogP contribution in [0.15, 0.2) is 48.5 Å². The summed E-state index contributed by atoms with van der Waals surface area (Å²) in [5.74, 6) is 0.506. The van der Waals surface area contributed by atoms with Crippen molar-refractivity contribution in [1.29, 1.82) is 0 Å². The van der Waals surface area contributed by atoms with Crippen LogP contribution in [0.1, 0.15) is 50.3 Å². The lowest BCUT2D eigenvalue weighted by molar-refractivity contribution is -0.124. The highest BCUT2D eigenvalue weighted by molar-refractivity contribution is 5.94. The second kappa shape index (κ2) is 10.1. The van der Waals surface area contributed by atoms with E-state index in [0.717, 1.165) is 25.7 Å². The zero-order chi connectivity index (χ0) is 21.5. The Morgan fingerprint density at radius 1 is 1.17 bits per heavy atom. The van der Waals surface area contributed by atoms with Gasteiger partial charge in [-0.3, -0.25) is 4.79 Å². The van der Waals surface area contributed by atoms with Crippen LogP contribution in [0.5, 0.6) is 5.75 Å². The SMILES string of the molecule is CCC(C)C(NC(=O)Nc1cccc(OC)c1)C(=O)NC1CCCc2ccccc21. The van der Waals surface area contributed by atoms with Crippen molar-refractivity contribution in [2.75, 3.05) is 12.4 Å². The fourth-order valence-corrected chi connectivity index (χ4v) is 3.88. The van der Waals surface area contributed by atoms with E-state index < -0.39 is 12.1 Å². The maximum absolute atomic E-state index is 13.1. The van der Waals surface area contributed by atoms with E-state index in [4.69, 9.17) is 4.74 Å². The van der Waals surface area contributed by atoms with Gasteiger partial charge in [0.15, 0.2) is 0 Å². The Bertz CT molecular complexity index is 884. The third kappa shape index (κ3) is 5.32. The zero-order valence-electron chi connectivity index (χ0n) is 17.9. The Morgan fingerprint density at radius 3 is 2.73 bits per heavy atom. The number of hydrogen-bond donors (Lipinski definition) is 3. The summed E-state index contributed by atoms with van der Waals surface area (Å²) in [5, 5.41) is 8.83. The molecule has 0 heterocycles. The maximum Gasteiger partial charge on any atom is 0.319 e. The van der Waals surface area contributed by atoms with E-state index in [2.05, 4.69) is 28.1 Å². The molecule has 0 bridgehead atoms. The minimum atomic E-state index is -0.616. The van der Waals surface area contributed by atoms with E-state index in [1.54, 1.807) is 31.4 Å². The summed E-state index contributed by atoms with van der Waals surface area (Å²) < 4.78 is 5.19. The number of methoxy groups -OCH3 is 1. The van der Waals surface area contributed by atoms with E-state index in [0.29, 0.717) is 11.4 Å². The predicted molar refractivity (Wildman–Crippen MR) is 119 cm³/mol. The fraction of sp³-hybridized carbons (Fsp3) is 0.417. The highest BCUT2D eigenvalue weighted by atomic mass is 16.5. The molecule has 2 aromatic carbocycles. The molecule has 0 saturated heterocycles. The lowest BCUT2D eigenvalue weighted by Crippen LogP contribution is -2.52. The standard InChI is InChI=1S/C24H31N3O3/c1-4-16(2)22(27-24(29)25-18-11-8-12-19(15-18)30-3)23(28)26-21-14-7-10-17-9-5-6-13-20(17)21/h5-6,8-9,11-13,15-16,21-22H,4,7,10,14H2,1-3H3,(H,26,28)(H2,25,27,29). The fourth-order valence-electron chi connectivity index (χ4n) is 3.88. The summed E-state index contributed by atoms with van der Waals surface area (Å²) in [6, 6.07) is 14.3. The molecule has 1 aliphatic carbocycles. The number of rotatable bonds is 7. The first kappa shape index (κ1) is 21.7. The monoisotopic (exact) mass is 409 g/mol. The van der Waals surface area contributed by atoms with Gasteiger partial charge in [0.1, 0.15) is 11.8 Å². The highest BCUT2D eigenvalue weighted by Gasteiger charge is 2.29. The van der Waals surface area contributed by atoms with Gasteiger partial charge in [-0.05, 0) is 48.4 Å². The van der Waals surface area contributed by atoms with E-state index >= 15 is 0 Å². The Hall–Kier alpha value is -3.02. The van der Waals surface area contributed by atoms with Gasteiger partial charge in [0.25, 0.3) is 0 Å². The molecule has 6 heteroatoms. The van der Waals surface area contributed by atoms with E-state index in [1.807, 2.05) is 26.0 Å². The van der Waals surface area contributed by atoms with Crippen LogP contribution in [-0.2, 0) is 11.2 Å². The van der Waals surface area contributed by atoms with Gasteiger partial charge in [0.2, 0.25) is 5.91 Å². The number of anilines is 1. The quantitative estimate of drug-likeness (QED) is 0.633. The first-order valence-corrected chi connectivity index (χ1v) is 10.6. The van der Waals surface area contributed by atoms with Crippen molar-refractivity contribution >= 4 is 17.6 Å². The minimum Gasteiger partial charge on any atom is -0.497 e. The molecule has 3 unspecified atom stereocenters. The van der Waals surface area contributed by atoms with Gasteiger partial charge in [-0.1, -0.05) is 50.6 Å². The summed E-state index contributed by atoms with van der Waals surface area (Å²) >= 11 is 0. The largest absolute Gasteiger partial charge is 0.497 e. The smallest absolute Gasteiger partial charge is 0.319 e. The number of nitrogens with one attached hydrogen (secondary N) is 3. The summed E-state index contributed by atoms with van der Waals surface area (Å²) in [5.41, 5.74) is 3.08. The Labute approximate surface area is 178 Å². The van der Waals surface area contributed by atoms with Crippen molar-refractivity contribution in [2.24, 2.45) is 5.92 Å². The molecule has 0 radical (unpaired) electrons. The van der Waals surface area contributed by atoms with Gasteiger partial charge in [0.05, 0.1) is 13.2 Å². The average Bonchev–Trinajstić information content (AvgIpc) is 2.77. The van der Waals surface area contributed by atoms with Crippen LogP contribution in [-0.4, -0.2) is 25.1 Å². The molecule has 0 fully saturated rings. The molecule has 3 atom stereocenters. The molecule has 30 heavy (non-hydrogen) atoms. The van der Waals surface area contributed by atoms with Gasteiger partial charge in [-0.15, -0.1) is 0 Å². The van der Waals surface area contributed by atoms with Crippen molar-refractivity contribution in [2.45, 2.75) is 51.6 Å². The third-order valence-electron chi connectivity index (χ3n) is 5.80. The van der Waals surface area contributed by atoms with Crippen molar-refractivity contribution in [3.05, 3.63) is 59.7 Å². The number of amides is 3. The van der Waals surface area contributed by atoms with Gasteiger partial charge in [-0.2, -0.15) is 0 Å². The molecular formula is C24H31N3O3. The number of hydrogen-bond acceptors (Lipinski definition) is 3. The van der Waals surface area contributed by atoms with Gasteiger partial charge >= 0.3 is 6.03 Å². The molecule has 0 aromatic heterocycles. The van der Waals surface area contributed by atoms with Gasteiger partial charge < -0.3 is 20.7 Å². The predicted octanol–water partition coefficient (Wildman–Crippen LogP) is 4.43. The van der Waals surface area contributed by atoms with Crippen LogP contribution in [0.2, 0.25) is 0 Å². The number of urea groups is 1. The summed E-state index contributed by atoms with van der Waals surface area (Å²) in [6.07, 6.45) is 3.77. The van der Waals surface area contributed by atoms with Gasteiger partial charge in [-0.25, -0.2) is 4.79 Å². The lowest BCUT2D eigenvalue weighted by Gasteiger charge is -2.30. The van der Waals surface area contributed by atoms with Crippen molar-refractivity contribution in [3.8, 4) is 5.75 Å². The van der Waals surface area contributed by atoms with Crippen LogP contribution < -0.4 is 20.7 Å². The van der Waals surface area contributed by atoms with Gasteiger partial charge in [0, 0.05) is 11.8 Å². The highest BCUT2D eigenvalue weighted by Crippen LogP contribution is 2.29. The second-order valence-electron chi connectivity index (χ2n) is 7.85. The molecule has 3 rings (SSSR count). The molecule has 160 valence electrons. The topological polar surface area (TPSA) is 79.5 Å². The number of ether oxygens (including phenoxy) is 1. The summed E-state index contributed by atoms with van der Waals surface area (Å²) in [4.78, 5) is 25.7. The molecule has 3 N–H and O–H groups in total. The molecule has 6 nitrogen and oxygen atoms in total. The van der Waals surface area contributed by atoms with Crippen LogP contribution >= 0.6 is 0 Å². The Balaban J connectivity index is 1.68. The number of carbonyl (C=O) groups excluding carboxylic acids is 2. The van der Waals surface area contributed by atoms with E-state index in [1.165, 1.54) is 11.1 Å². The lowest BCUT2D eigenvalue weighted by atomic mass is 9.87. The summed E-state index contributed by atoms with van der Waals surface area (Å²) in [7, 11) is 1.58. The molecular weight excluding hydrogens is 378 g/mol. The first-order chi connectivity index (χ1) is 14.5. The van der Waals surface area contributed by atoms with Crippen molar-refractivity contribution in [1.82, 2.24) is 10.6 Å². The number of benzene rings is 2. The molecule has 2 aromatic rings. The maximum atomic E-state index is 13.1. The number of carbonyl (C=O) groups is 2. The summed E-state index contributed by atoms with van der Waals surface area (Å²) in [6.45, 7) is 3.99. The molecule has 0 aliphatic heterocycles. The normalized spacial score (nSPS) is 17.2. The molecule has 0 spiro atoms. The van der Waals surface area contributed by atoms with E-state index in [-0.39, 0.29) is 17.9 Å². The zero-order valence-corrected chi connectivity index (χ0v) is 17.9. The molecule has 1 aliphatic rings. The van der Waals surface area contributed by atoms with Crippen LogP contribution in [0.3, 0.4) is 0 Å². The van der Waals surface area contributed by atoms with Crippen LogP contribution in [0, 0.1) is 5.92 Å². The first-order valence-electron chi connectivity index (χ1n) is 10.6. The Morgan fingerprint density at radius 2 is 1.97 bits per heavy atom.